The fraction of sp³-hybridized carbons (Fsp3) is 0.444. The number of hydrogen-bond acceptors (Lipinski definition) is 13. The van der Waals surface area contributed by atoms with Gasteiger partial charge in [0.05, 0.1) is 25.9 Å². The Labute approximate surface area is 250 Å². The van der Waals surface area contributed by atoms with E-state index >= 15 is 0 Å². The summed E-state index contributed by atoms with van der Waals surface area (Å²) in [7, 11) is 4.48. The second-order valence-electron chi connectivity index (χ2n) is 9.63. The van der Waals surface area contributed by atoms with E-state index in [1.54, 1.807) is 43.9 Å². The van der Waals surface area contributed by atoms with Crippen LogP contribution in [0.2, 0.25) is 0 Å². The van der Waals surface area contributed by atoms with E-state index in [4.69, 9.17) is 29.5 Å². The SMILES string of the molecule is COC[C@@H]1CC[C@H](C2=C(C(=O)OCc3ccc(OC)cc3)N3C(=O)[C@@H](NC(=O)C(=NOC)c4csc(N)n4)[C@H]3SC2)O1. The number of amides is 2. The van der Waals surface area contributed by atoms with Gasteiger partial charge < -0.3 is 34.8 Å². The summed E-state index contributed by atoms with van der Waals surface area (Å²) in [5.74, 6) is -0.638. The van der Waals surface area contributed by atoms with Gasteiger partial charge in [0.25, 0.3) is 11.8 Å². The van der Waals surface area contributed by atoms with E-state index in [0.717, 1.165) is 23.3 Å². The second kappa shape index (κ2) is 13.1. The molecule has 2 amide bonds. The maximum atomic E-state index is 13.6. The van der Waals surface area contributed by atoms with Crippen LogP contribution >= 0.6 is 23.1 Å². The number of nitrogens with two attached hydrogens (primary N) is 1. The Balaban J connectivity index is 1.35. The summed E-state index contributed by atoms with van der Waals surface area (Å²) in [5, 5.41) is 7.80. The molecule has 3 aliphatic heterocycles. The summed E-state index contributed by atoms with van der Waals surface area (Å²) < 4.78 is 22.3. The van der Waals surface area contributed by atoms with E-state index in [0.29, 0.717) is 30.1 Å². The predicted molar refractivity (Wildman–Crippen MR) is 155 cm³/mol. The molecule has 4 atom stereocenters. The maximum absolute atomic E-state index is 13.6. The number of carbonyl (C=O) groups is 3. The zero-order valence-corrected chi connectivity index (χ0v) is 24.9. The number of methoxy groups -OCH3 is 2. The Kier molecular flexibility index (Phi) is 9.30. The van der Waals surface area contributed by atoms with Gasteiger partial charge in [-0.05, 0) is 36.1 Å². The number of rotatable bonds is 11. The van der Waals surface area contributed by atoms with Crippen LogP contribution in [-0.4, -0.2) is 90.7 Å². The minimum atomic E-state index is -0.905. The Hall–Kier alpha value is -3.66. The van der Waals surface area contributed by atoms with Crippen molar-refractivity contribution in [3.8, 4) is 5.75 Å². The Morgan fingerprint density at radius 2 is 2.00 bits per heavy atom. The number of carbonyl (C=O) groups excluding carboxylic acids is 3. The Morgan fingerprint density at radius 1 is 1.21 bits per heavy atom. The molecule has 2 saturated heterocycles. The molecule has 1 aromatic carbocycles. The van der Waals surface area contributed by atoms with Crippen molar-refractivity contribution < 1.29 is 38.2 Å². The van der Waals surface area contributed by atoms with Crippen molar-refractivity contribution in [2.24, 2.45) is 5.16 Å². The minimum absolute atomic E-state index is 0.00501. The van der Waals surface area contributed by atoms with Gasteiger partial charge in [-0.3, -0.25) is 14.5 Å². The van der Waals surface area contributed by atoms with Gasteiger partial charge >= 0.3 is 5.97 Å². The molecule has 0 bridgehead atoms. The van der Waals surface area contributed by atoms with E-state index in [-0.39, 0.29) is 41.0 Å². The smallest absolute Gasteiger partial charge is 0.355 e. The molecule has 2 fully saturated rings. The zero-order valence-electron chi connectivity index (χ0n) is 23.2. The van der Waals surface area contributed by atoms with Gasteiger partial charge in [-0.2, -0.15) is 0 Å². The second-order valence-corrected chi connectivity index (χ2v) is 11.6. The normalized spacial score (nSPS) is 23.7. The van der Waals surface area contributed by atoms with Crippen LogP contribution in [0.25, 0.3) is 0 Å². The number of esters is 1. The number of oxime groups is 1. The van der Waals surface area contributed by atoms with E-state index in [1.807, 2.05) is 0 Å². The summed E-state index contributed by atoms with van der Waals surface area (Å²) in [6, 6.07) is 6.24. The van der Waals surface area contributed by atoms with Gasteiger partial charge in [0, 0.05) is 18.2 Å². The van der Waals surface area contributed by atoms with Crippen LogP contribution in [0.15, 0.2) is 46.1 Å². The average molecular weight is 618 g/mol. The van der Waals surface area contributed by atoms with Crippen molar-refractivity contribution in [3.63, 3.8) is 0 Å². The van der Waals surface area contributed by atoms with Crippen LogP contribution in [0, 0.1) is 0 Å². The highest BCUT2D eigenvalue weighted by atomic mass is 32.2. The number of fused-ring (bicyclic) bond motifs is 1. The number of aromatic nitrogens is 1. The first-order chi connectivity index (χ1) is 20.3. The third kappa shape index (κ3) is 6.09. The van der Waals surface area contributed by atoms with Gasteiger partial charge in [0.15, 0.2) is 10.8 Å². The number of ether oxygens (including phenoxy) is 4. The van der Waals surface area contributed by atoms with E-state index in [9.17, 15) is 14.4 Å². The van der Waals surface area contributed by atoms with Crippen LogP contribution in [0.4, 0.5) is 5.13 Å². The van der Waals surface area contributed by atoms with E-state index in [1.165, 1.54) is 23.8 Å². The van der Waals surface area contributed by atoms with E-state index in [2.05, 4.69) is 15.5 Å². The first-order valence-electron chi connectivity index (χ1n) is 13.1. The van der Waals surface area contributed by atoms with Gasteiger partial charge in [-0.15, -0.1) is 23.1 Å². The quantitative estimate of drug-likeness (QED) is 0.163. The molecule has 42 heavy (non-hydrogen) atoms. The molecule has 1 aromatic heterocycles. The lowest BCUT2D eigenvalue weighted by Gasteiger charge is -2.50. The highest BCUT2D eigenvalue weighted by Crippen LogP contribution is 2.44. The third-order valence-electron chi connectivity index (χ3n) is 7.02. The molecule has 0 aliphatic carbocycles. The summed E-state index contributed by atoms with van der Waals surface area (Å²) >= 11 is 2.58. The molecule has 224 valence electrons. The summed E-state index contributed by atoms with van der Waals surface area (Å²) in [6.07, 6.45) is 0.975. The van der Waals surface area contributed by atoms with Gasteiger partial charge in [-0.25, -0.2) is 9.78 Å². The molecule has 0 spiro atoms. The van der Waals surface area contributed by atoms with Crippen molar-refractivity contribution in [1.82, 2.24) is 15.2 Å². The lowest BCUT2D eigenvalue weighted by molar-refractivity contribution is -0.153. The van der Waals surface area contributed by atoms with Crippen molar-refractivity contribution >= 4 is 51.7 Å². The minimum Gasteiger partial charge on any atom is -0.497 e. The summed E-state index contributed by atoms with van der Waals surface area (Å²) in [4.78, 5) is 50.6. The fourth-order valence-electron chi connectivity index (χ4n) is 4.99. The fourth-order valence-corrected chi connectivity index (χ4v) is 6.95. The van der Waals surface area contributed by atoms with Crippen molar-refractivity contribution in [1.29, 1.82) is 0 Å². The standard InChI is InChI=1S/C27H31N5O8S2/c1-36-11-16-8-9-19(40-16)17-12-41-25-21(30-23(33)20(31-38-3)18-13-42-27(28)29-18)24(34)32(25)22(17)26(35)39-10-14-4-6-15(37-2)7-5-14/h4-7,13,16,19,21,25H,8-12H2,1-3H3,(H2,28,29)(H,30,33)/t16-,19+,21+,25+/m0/s1. The maximum Gasteiger partial charge on any atom is 0.355 e. The topological polar surface area (TPSA) is 164 Å². The number of anilines is 1. The van der Waals surface area contributed by atoms with Crippen LogP contribution in [0.1, 0.15) is 24.1 Å². The molecule has 0 unspecified atom stereocenters. The van der Waals surface area contributed by atoms with Crippen molar-refractivity contribution in [3.05, 3.63) is 52.2 Å². The number of thioether (sulfide) groups is 1. The number of benzene rings is 1. The van der Waals surface area contributed by atoms with E-state index < -0.39 is 29.2 Å². The molecular formula is C27H31N5O8S2. The first kappa shape index (κ1) is 29.8. The molecule has 3 N–H and O–H groups in total. The summed E-state index contributed by atoms with van der Waals surface area (Å²) in [5.41, 5.74) is 7.43. The lowest BCUT2D eigenvalue weighted by atomic mass is 9.99. The van der Waals surface area contributed by atoms with Crippen LogP contribution in [0.3, 0.4) is 0 Å². The van der Waals surface area contributed by atoms with Gasteiger partial charge in [0.2, 0.25) is 0 Å². The number of β-lactam (4-membered cyclic amide) rings is 1. The van der Waals surface area contributed by atoms with Gasteiger partial charge in [-0.1, -0.05) is 17.3 Å². The molecule has 0 saturated carbocycles. The number of nitrogen functional groups attached to an aromatic ring is 1. The largest absolute Gasteiger partial charge is 0.497 e. The van der Waals surface area contributed by atoms with Crippen LogP contribution < -0.4 is 15.8 Å². The number of nitrogens with one attached hydrogen (secondary N) is 1. The lowest BCUT2D eigenvalue weighted by Crippen LogP contribution is -2.71. The number of nitrogens with zero attached hydrogens (tertiary/aromatic N) is 3. The molecule has 5 rings (SSSR count). The number of thiazole rings is 1. The highest BCUT2D eigenvalue weighted by molar-refractivity contribution is 8.00. The molecular weight excluding hydrogens is 586 g/mol. The molecule has 15 heteroatoms. The molecule has 0 radical (unpaired) electrons. The molecule has 3 aliphatic rings. The van der Waals surface area contributed by atoms with Crippen molar-refractivity contribution in [2.45, 2.75) is 43.1 Å². The molecule has 13 nitrogen and oxygen atoms in total. The highest BCUT2D eigenvalue weighted by Gasteiger charge is 2.55. The average Bonchev–Trinajstić information content (AvgIpc) is 3.65. The molecule has 4 heterocycles. The van der Waals surface area contributed by atoms with Gasteiger partial charge in [0.1, 0.15) is 42.3 Å². The monoisotopic (exact) mass is 617 g/mol. The van der Waals surface area contributed by atoms with Crippen molar-refractivity contribution in [2.75, 3.05) is 39.4 Å². The predicted octanol–water partition coefficient (Wildman–Crippen LogP) is 1.68. The summed E-state index contributed by atoms with van der Waals surface area (Å²) in [6.45, 7) is 0.439. The number of hydrogen-bond donors (Lipinski definition) is 2. The molecule has 2 aromatic rings. The van der Waals surface area contributed by atoms with Crippen LogP contribution in [-0.2, 0) is 40.0 Å². The third-order valence-corrected chi connectivity index (χ3v) is 8.99. The zero-order chi connectivity index (χ0) is 29.8. The van der Waals surface area contributed by atoms with Crippen LogP contribution in [0.5, 0.6) is 5.75 Å². The first-order valence-corrected chi connectivity index (χ1v) is 15.0. The Morgan fingerprint density at radius 3 is 2.67 bits per heavy atom. The Bertz CT molecular complexity index is 1400.